The molecule has 4 nitrogen and oxygen atoms in total. The molecule has 0 fully saturated rings. The van der Waals surface area contributed by atoms with E-state index in [0.29, 0.717) is 6.54 Å². The van der Waals surface area contributed by atoms with Crippen molar-refractivity contribution in [2.24, 2.45) is 0 Å². The molecule has 5 heteroatoms. The van der Waals surface area contributed by atoms with E-state index in [1.54, 1.807) is 24.5 Å². The molecule has 0 atom stereocenters. The number of carbonyl (C=O) groups is 1. The van der Waals surface area contributed by atoms with Gasteiger partial charge in [-0.25, -0.2) is 0 Å². The molecule has 0 aliphatic rings. The second kappa shape index (κ2) is 6.64. The van der Waals surface area contributed by atoms with Gasteiger partial charge in [0.2, 0.25) is 0 Å². The van der Waals surface area contributed by atoms with Gasteiger partial charge in [-0.2, -0.15) is 5.26 Å². The first-order valence-electron chi connectivity index (χ1n) is 6.03. The van der Waals surface area contributed by atoms with Gasteiger partial charge in [0.15, 0.2) is 0 Å². The Hall–Kier alpha value is -2.45. The molecule has 1 amide bonds. The van der Waals surface area contributed by atoms with E-state index < -0.39 is 0 Å². The molecule has 0 aromatic carbocycles. The molecule has 0 saturated heterocycles. The van der Waals surface area contributed by atoms with Gasteiger partial charge >= 0.3 is 0 Å². The number of aryl methyl sites for hydroxylation is 1. The van der Waals surface area contributed by atoms with Crippen LogP contribution in [0, 0.1) is 18.3 Å². The van der Waals surface area contributed by atoms with Gasteiger partial charge in [0, 0.05) is 23.8 Å². The summed E-state index contributed by atoms with van der Waals surface area (Å²) in [5.41, 5.74) is 2.06. The number of thiophene rings is 1. The van der Waals surface area contributed by atoms with E-state index in [-0.39, 0.29) is 11.5 Å². The quantitative estimate of drug-likeness (QED) is 0.693. The number of carbonyl (C=O) groups excluding carboxylic acids is 1. The molecule has 2 aromatic heterocycles. The van der Waals surface area contributed by atoms with Crippen molar-refractivity contribution in [1.82, 2.24) is 10.3 Å². The first kappa shape index (κ1) is 14.0. The fraction of sp³-hybridized carbons (Fsp3) is 0.133. The number of amides is 1. The Morgan fingerprint density at radius 2 is 2.40 bits per heavy atom. The minimum atomic E-state index is -0.371. The number of pyridine rings is 1. The van der Waals surface area contributed by atoms with Gasteiger partial charge in [-0.1, -0.05) is 6.07 Å². The van der Waals surface area contributed by atoms with Crippen LogP contribution in [-0.2, 0) is 11.3 Å². The molecule has 2 aromatic rings. The van der Waals surface area contributed by atoms with E-state index in [2.05, 4.69) is 10.3 Å². The van der Waals surface area contributed by atoms with Crippen LogP contribution in [0.4, 0.5) is 0 Å². The van der Waals surface area contributed by atoms with Crippen molar-refractivity contribution >= 4 is 23.3 Å². The third kappa shape index (κ3) is 3.53. The molecule has 2 rings (SSSR count). The van der Waals surface area contributed by atoms with Crippen molar-refractivity contribution in [1.29, 1.82) is 5.26 Å². The summed E-state index contributed by atoms with van der Waals surface area (Å²) in [5, 5.41) is 13.7. The molecule has 0 aliphatic carbocycles. The molecular weight excluding hydrogens is 270 g/mol. The standard InChI is InChI=1S/C15H13N3OS/c1-11-4-6-20-14(11)7-13(8-16)15(19)18-10-12-3-2-5-17-9-12/h2-7,9H,10H2,1H3,(H,18,19)/b13-7+. The summed E-state index contributed by atoms with van der Waals surface area (Å²) >= 11 is 1.51. The Kier molecular flexibility index (Phi) is 4.64. The summed E-state index contributed by atoms with van der Waals surface area (Å²) in [6.07, 6.45) is 4.98. The number of nitrogens with zero attached hydrogens (tertiary/aromatic N) is 2. The van der Waals surface area contributed by atoms with Crippen LogP contribution in [0.1, 0.15) is 16.0 Å². The fourth-order valence-electron chi connectivity index (χ4n) is 1.59. The Labute approximate surface area is 121 Å². The molecule has 0 spiro atoms. The highest BCUT2D eigenvalue weighted by atomic mass is 32.1. The number of rotatable bonds is 4. The topological polar surface area (TPSA) is 65.8 Å². The number of hydrogen-bond donors (Lipinski definition) is 1. The Bertz CT molecular complexity index is 668. The minimum Gasteiger partial charge on any atom is -0.347 e. The zero-order valence-electron chi connectivity index (χ0n) is 11.0. The Morgan fingerprint density at radius 3 is 3.00 bits per heavy atom. The normalized spacial score (nSPS) is 10.9. The summed E-state index contributed by atoms with van der Waals surface area (Å²) in [6, 6.07) is 7.57. The molecule has 2 heterocycles. The minimum absolute atomic E-state index is 0.111. The Morgan fingerprint density at radius 1 is 1.55 bits per heavy atom. The van der Waals surface area contributed by atoms with Gasteiger partial charge in [-0.05, 0) is 41.6 Å². The van der Waals surface area contributed by atoms with Gasteiger partial charge in [0.05, 0.1) is 0 Å². The number of aromatic nitrogens is 1. The van der Waals surface area contributed by atoms with Crippen molar-refractivity contribution in [2.45, 2.75) is 13.5 Å². The van der Waals surface area contributed by atoms with Crippen LogP contribution in [0.2, 0.25) is 0 Å². The summed E-state index contributed by atoms with van der Waals surface area (Å²) in [5.74, 6) is -0.371. The third-order valence-electron chi connectivity index (χ3n) is 2.72. The maximum absolute atomic E-state index is 12.0. The molecule has 0 aliphatic heterocycles. The van der Waals surface area contributed by atoms with Crippen LogP contribution in [0.5, 0.6) is 0 Å². The lowest BCUT2D eigenvalue weighted by Gasteiger charge is -2.03. The molecule has 0 bridgehead atoms. The molecule has 1 N–H and O–H groups in total. The van der Waals surface area contributed by atoms with E-state index >= 15 is 0 Å². The van der Waals surface area contributed by atoms with Crippen LogP contribution >= 0.6 is 11.3 Å². The van der Waals surface area contributed by atoms with Gasteiger partial charge in [0.1, 0.15) is 11.6 Å². The summed E-state index contributed by atoms with van der Waals surface area (Å²) in [7, 11) is 0. The second-order valence-corrected chi connectivity index (χ2v) is 5.13. The fourth-order valence-corrected chi connectivity index (χ4v) is 2.45. The van der Waals surface area contributed by atoms with Crippen LogP contribution in [-0.4, -0.2) is 10.9 Å². The predicted octanol–water partition coefficient (Wildman–Crippen LogP) is 2.67. The Balaban J connectivity index is 2.05. The first-order valence-corrected chi connectivity index (χ1v) is 6.91. The molecule has 0 saturated carbocycles. The van der Waals surface area contributed by atoms with Gasteiger partial charge in [-0.3, -0.25) is 9.78 Å². The molecule has 20 heavy (non-hydrogen) atoms. The number of nitriles is 1. The smallest absolute Gasteiger partial charge is 0.262 e. The van der Waals surface area contributed by atoms with Crippen molar-refractivity contribution < 1.29 is 4.79 Å². The second-order valence-electron chi connectivity index (χ2n) is 4.18. The predicted molar refractivity (Wildman–Crippen MR) is 78.7 cm³/mol. The maximum Gasteiger partial charge on any atom is 0.262 e. The zero-order chi connectivity index (χ0) is 14.4. The lowest BCUT2D eigenvalue weighted by molar-refractivity contribution is -0.117. The largest absolute Gasteiger partial charge is 0.347 e. The van der Waals surface area contributed by atoms with Crippen molar-refractivity contribution in [3.8, 4) is 6.07 Å². The third-order valence-corrected chi connectivity index (χ3v) is 3.68. The van der Waals surface area contributed by atoms with Crippen molar-refractivity contribution in [2.75, 3.05) is 0 Å². The molecule has 100 valence electrons. The van der Waals surface area contributed by atoms with Gasteiger partial charge in [-0.15, -0.1) is 11.3 Å². The van der Waals surface area contributed by atoms with Crippen LogP contribution in [0.3, 0.4) is 0 Å². The average Bonchev–Trinajstić information content (AvgIpc) is 2.88. The molecule has 0 radical (unpaired) electrons. The summed E-state index contributed by atoms with van der Waals surface area (Å²) in [4.78, 5) is 16.9. The van der Waals surface area contributed by atoms with Gasteiger partial charge < -0.3 is 5.32 Å². The summed E-state index contributed by atoms with van der Waals surface area (Å²) in [6.45, 7) is 2.31. The number of hydrogen-bond acceptors (Lipinski definition) is 4. The lowest BCUT2D eigenvalue weighted by Crippen LogP contribution is -2.23. The van der Waals surface area contributed by atoms with E-state index in [1.807, 2.05) is 30.5 Å². The van der Waals surface area contributed by atoms with Crippen molar-refractivity contribution in [3.05, 3.63) is 57.6 Å². The maximum atomic E-state index is 12.0. The highest BCUT2D eigenvalue weighted by Gasteiger charge is 2.09. The average molecular weight is 283 g/mol. The van der Waals surface area contributed by atoms with E-state index in [4.69, 9.17) is 5.26 Å². The van der Waals surface area contributed by atoms with Gasteiger partial charge in [0.25, 0.3) is 5.91 Å². The number of nitrogens with one attached hydrogen (secondary N) is 1. The van der Waals surface area contributed by atoms with E-state index in [1.165, 1.54) is 11.3 Å². The molecule has 0 unspecified atom stereocenters. The first-order chi connectivity index (χ1) is 9.70. The highest BCUT2D eigenvalue weighted by molar-refractivity contribution is 7.11. The van der Waals surface area contributed by atoms with Crippen LogP contribution in [0.15, 0.2) is 41.5 Å². The monoisotopic (exact) mass is 283 g/mol. The highest BCUT2D eigenvalue weighted by Crippen LogP contribution is 2.19. The summed E-state index contributed by atoms with van der Waals surface area (Å²) < 4.78 is 0. The SMILES string of the molecule is Cc1ccsc1/C=C(\C#N)C(=O)NCc1cccnc1. The zero-order valence-corrected chi connectivity index (χ0v) is 11.8. The van der Waals surface area contributed by atoms with E-state index in [0.717, 1.165) is 16.0 Å². The van der Waals surface area contributed by atoms with Crippen LogP contribution < -0.4 is 5.32 Å². The van der Waals surface area contributed by atoms with Crippen molar-refractivity contribution in [3.63, 3.8) is 0 Å². The van der Waals surface area contributed by atoms with Crippen LogP contribution in [0.25, 0.3) is 6.08 Å². The van der Waals surface area contributed by atoms with E-state index in [9.17, 15) is 4.79 Å². The lowest BCUT2D eigenvalue weighted by atomic mass is 10.2. The molecular formula is C15H13N3OS.